The molecule has 7 nitrogen and oxygen atoms in total. The van der Waals surface area contributed by atoms with Crippen molar-refractivity contribution in [2.24, 2.45) is 0 Å². The first-order valence-corrected chi connectivity index (χ1v) is 14.7. The van der Waals surface area contributed by atoms with Crippen LogP contribution >= 0.6 is 11.6 Å². The molecule has 3 aromatic rings. The monoisotopic (exact) mass is 534 g/mol. The highest BCUT2D eigenvalue weighted by Crippen LogP contribution is 2.37. The van der Waals surface area contributed by atoms with Crippen molar-refractivity contribution < 1.29 is 4.74 Å². The van der Waals surface area contributed by atoms with E-state index >= 15 is 0 Å². The second kappa shape index (κ2) is 11.6. The molecule has 0 radical (unpaired) electrons. The predicted molar refractivity (Wildman–Crippen MR) is 156 cm³/mol. The summed E-state index contributed by atoms with van der Waals surface area (Å²) in [5.41, 5.74) is 3.51. The number of ether oxygens (including phenoxy) is 1. The molecule has 0 aliphatic carbocycles. The molecule has 0 saturated carbocycles. The largest absolute Gasteiger partial charge is 0.462 e. The van der Waals surface area contributed by atoms with Gasteiger partial charge in [-0.05, 0) is 56.3 Å². The normalized spacial score (nSPS) is 20.5. The van der Waals surface area contributed by atoms with Crippen LogP contribution < -0.4 is 19.9 Å². The standard InChI is InChI=1S/C30H39ClN6O/c1-2-23-20-37(17-13-32-23)29-24-12-16-36(27-11-7-9-22-8-6-10-25(31)28(22)27)21-26(24)33-30(34-29)38-19-18-35-14-4-3-5-15-35/h6-11,23,32H,2-5,12-21H2,1H3/t23-/m0/s1. The van der Waals surface area contributed by atoms with Gasteiger partial charge in [-0.3, -0.25) is 4.90 Å². The fourth-order valence-electron chi connectivity index (χ4n) is 6.20. The van der Waals surface area contributed by atoms with Gasteiger partial charge in [-0.25, -0.2) is 0 Å². The number of nitrogens with one attached hydrogen (secondary N) is 1. The maximum Gasteiger partial charge on any atom is 0.318 e. The number of likely N-dealkylation sites (tertiary alicyclic amines) is 1. The Balaban J connectivity index is 1.29. The highest BCUT2D eigenvalue weighted by Gasteiger charge is 2.29. The van der Waals surface area contributed by atoms with Gasteiger partial charge in [0.1, 0.15) is 12.4 Å². The fraction of sp³-hybridized carbons (Fsp3) is 0.533. The van der Waals surface area contributed by atoms with Crippen LogP contribution in [0.2, 0.25) is 5.02 Å². The van der Waals surface area contributed by atoms with E-state index in [0.717, 1.165) is 79.4 Å². The molecular weight excluding hydrogens is 496 g/mol. The minimum atomic E-state index is 0.482. The average molecular weight is 535 g/mol. The van der Waals surface area contributed by atoms with E-state index in [1.807, 2.05) is 12.1 Å². The summed E-state index contributed by atoms with van der Waals surface area (Å²) in [6, 6.07) is 13.6. The second-order valence-electron chi connectivity index (χ2n) is 10.8. The van der Waals surface area contributed by atoms with Crippen molar-refractivity contribution >= 4 is 33.9 Å². The number of fused-ring (bicyclic) bond motifs is 2. The van der Waals surface area contributed by atoms with Gasteiger partial charge in [-0.15, -0.1) is 0 Å². The first-order valence-electron chi connectivity index (χ1n) is 14.3. The van der Waals surface area contributed by atoms with Crippen molar-refractivity contribution in [2.75, 3.05) is 62.2 Å². The van der Waals surface area contributed by atoms with Gasteiger partial charge in [0.15, 0.2) is 0 Å². The molecular formula is C30H39ClN6O. The van der Waals surface area contributed by atoms with E-state index in [1.165, 1.54) is 43.6 Å². The van der Waals surface area contributed by atoms with Gasteiger partial charge in [0.05, 0.1) is 17.3 Å². The summed E-state index contributed by atoms with van der Waals surface area (Å²) < 4.78 is 6.24. The Morgan fingerprint density at radius 3 is 2.68 bits per heavy atom. The van der Waals surface area contributed by atoms with E-state index in [2.05, 4.69) is 51.2 Å². The highest BCUT2D eigenvalue weighted by molar-refractivity contribution is 6.36. The molecule has 3 aliphatic rings. The van der Waals surface area contributed by atoms with Crippen LogP contribution in [-0.4, -0.2) is 73.3 Å². The molecule has 6 rings (SSSR count). The molecule has 202 valence electrons. The van der Waals surface area contributed by atoms with Gasteiger partial charge >= 0.3 is 6.01 Å². The van der Waals surface area contributed by atoms with Crippen molar-refractivity contribution in [1.29, 1.82) is 0 Å². The van der Waals surface area contributed by atoms with Crippen LogP contribution in [0.25, 0.3) is 10.8 Å². The zero-order chi connectivity index (χ0) is 25.9. The van der Waals surface area contributed by atoms with Crippen molar-refractivity contribution in [1.82, 2.24) is 20.2 Å². The van der Waals surface area contributed by atoms with E-state index in [4.69, 9.17) is 26.3 Å². The van der Waals surface area contributed by atoms with Crippen LogP contribution in [0.5, 0.6) is 6.01 Å². The van der Waals surface area contributed by atoms with Crippen LogP contribution in [-0.2, 0) is 13.0 Å². The lowest BCUT2D eigenvalue weighted by Gasteiger charge is -2.37. The molecule has 1 aromatic heterocycles. The molecule has 2 saturated heterocycles. The summed E-state index contributed by atoms with van der Waals surface area (Å²) in [4.78, 5) is 17.4. The number of hydrogen-bond acceptors (Lipinski definition) is 7. The first kappa shape index (κ1) is 25.7. The number of anilines is 2. The lowest BCUT2D eigenvalue weighted by molar-refractivity contribution is 0.177. The lowest BCUT2D eigenvalue weighted by atomic mass is 10.0. The van der Waals surface area contributed by atoms with Crippen LogP contribution in [0.15, 0.2) is 36.4 Å². The minimum Gasteiger partial charge on any atom is -0.462 e. The maximum atomic E-state index is 6.69. The van der Waals surface area contributed by atoms with E-state index in [-0.39, 0.29) is 0 Å². The summed E-state index contributed by atoms with van der Waals surface area (Å²) >= 11 is 6.69. The Morgan fingerprint density at radius 2 is 1.84 bits per heavy atom. The van der Waals surface area contributed by atoms with Gasteiger partial charge in [0.25, 0.3) is 0 Å². The molecule has 2 fully saturated rings. The third-order valence-electron chi connectivity index (χ3n) is 8.33. The van der Waals surface area contributed by atoms with Gasteiger partial charge < -0.3 is 19.9 Å². The first-order chi connectivity index (χ1) is 18.7. The average Bonchev–Trinajstić information content (AvgIpc) is 2.97. The predicted octanol–water partition coefficient (Wildman–Crippen LogP) is 4.90. The van der Waals surface area contributed by atoms with Crippen LogP contribution in [0.1, 0.15) is 43.9 Å². The fourth-order valence-corrected chi connectivity index (χ4v) is 6.48. The Hall–Kier alpha value is -2.61. The SMILES string of the molecule is CC[C@H]1CN(c2nc(OCCN3CCCCC3)nc3c2CCN(c2cccc4cccc(Cl)c24)C3)CCN1. The third-order valence-corrected chi connectivity index (χ3v) is 8.65. The topological polar surface area (TPSA) is 56.8 Å². The van der Waals surface area contributed by atoms with Gasteiger partial charge in [-0.2, -0.15) is 9.97 Å². The molecule has 38 heavy (non-hydrogen) atoms. The number of piperidine rings is 1. The molecule has 1 N–H and O–H groups in total. The van der Waals surface area contributed by atoms with E-state index in [0.29, 0.717) is 18.7 Å². The number of nitrogens with zero attached hydrogens (tertiary/aromatic N) is 5. The number of hydrogen-bond donors (Lipinski definition) is 1. The zero-order valence-corrected chi connectivity index (χ0v) is 23.2. The maximum absolute atomic E-state index is 6.69. The number of halogens is 1. The summed E-state index contributed by atoms with van der Waals surface area (Å²) in [5.74, 6) is 1.07. The molecule has 0 bridgehead atoms. The molecule has 1 atom stereocenters. The van der Waals surface area contributed by atoms with Crippen LogP contribution in [0, 0.1) is 0 Å². The summed E-state index contributed by atoms with van der Waals surface area (Å²) in [6.45, 7) is 10.7. The number of aromatic nitrogens is 2. The van der Waals surface area contributed by atoms with Crippen molar-refractivity contribution in [2.45, 2.75) is 51.6 Å². The number of benzene rings is 2. The van der Waals surface area contributed by atoms with E-state index in [1.54, 1.807) is 0 Å². The second-order valence-corrected chi connectivity index (χ2v) is 11.2. The quantitative estimate of drug-likeness (QED) is 0.462. The van der Waals surface area contributed by atoms with E-state index in [9.17, 15) is 0 Å². The Morgan fingerprint density at radius 1 is 1.00 bits per heavy atom. The van der Waals surface area contributed by atoms with Crippen molar-refractivity contribution in [3.05, 3.63) is 52.7 Å². The Labute approximate surface area is 231 Å². The van der Waals surface area contributed by atoms with E-state index < -0.39 is 0 Å². The molecule has 0 unspecified atom stereocenters. The summed E-state index contributed by atoms with van der Waals surface area (Å²) in [7, 11) is 0. The Bertz CT molecular complexity index is 1260. The number of rotatable bonds is 7. The molecule has 2 aromatic carbocycles. The van der Waals surface area contributed by atoms with Crippen molar-refractivity contribution in [3.63, 3.8) is 0 Å². The van der Waals surface area contributed by atoms with Crippen LogP contribution in [0.3, 0.4) is 0 Å². The minimum absolute atomic E-state index is 0.482. The van der Waals surface area contributed by atoms with Gasteiger partial charge in [0.2, 0.25) is 0 Å². The Kier molecular flexibility index (Phi) is 7.86. The number of piperazine rings is 1. The van der Waals surface area contributed by atoms with Gasteiger partial charge in [-0.1, -0.05) is 49.2 Å². The molecule has 0 amide bonds. The molecule has 4 heterocycles. The zero-order valence-electron chi connectivity index (χ0n) is 22.5. The summed E-state index contributed by atoms with van der Waals surface area (Å²) in [6.07, 6.45) is 5.93. The molecule has 3 aliphatic heterocycles. The summed E-state index contributed by atoms with van der Waals surface area (Å²) in [5, 5.41) is 6.71. The van der Waals surface area contributed by atoms with Crippen LogP contribution in [0.4, 0.5) is 11.5 Å². The van der Waals surface area contributed by atoms with Crippen molar-refractivity contribution in [3.8, 4) is 6.01 Å². The lowest BCUT2D eigenvalue weighted by Crippen LogP contribution is -2.51. The van der Waals surface area contributed by atoms with Gasteiger partial charge in [0, 0.05) is 55.4 Å². The third kappa shape index (κ3) is 5.42. The molecule has 8 heteroatoms. The molecule has 0 spiro atoms. The highest BCUT2D eigenvalue weighted by atomic mass is 35.5. The smallest absolute Gasteiger partial charge is 0.318 e.